The highest BCUT2D eigenvalue weighted by Crippen LogP contribution is 2.20. The van der Waals surface area contributed by atoms with Gasteiger partial charge in [-0.3, -0.25) is 19.5 Å². The lowest BCUT2D eigenvalue weighted by atomic mass is 10.1. The normalized spacial score (nSPS) is 10.3. The summed E-state index contributed by atoms with van der Waals surface area (Å²) in [6, 6.07) is 6.44. The summed E-state index contributed by atoms with van der Waals surface area (Å²) in [6.07, 6.45) is 0. The molecule has 1 aromatic heterocycles. The Morgan fingerprint density at radius 2 is 1.67 bits per heavy atom. The first-order chi connectivity index (χ1) is 12.8. The lowest BCUT2D eigenvalue weighted by Crippen LogP contribution is -2.30. The number of ether oxygens (including phenoxy) is 2. The molecule has 2 aromatic rings. The molecule has 142 valence electrons. The predicted octanol–water partition coefficient (Wildman–Crippen LogP) is 2.41. The summed E-state index contributed by atoms with van der Waals surface area (Å²) >= 11 is 0. The molecule has 1 heterocycles. The highest BCUT2D eigenvalue weighted by Gasteiger charge is 2.23. The standard InChI is InChI=1S/C18H18N2O7/c1-4-26-17(22)14-10-15(18(23)27-5-2)16(21)19(11(14)3)12-7-6-8-13(9-12)20(24)25/h6-10H,4-5H2,1-3H3. The molecule has 0 amide bonds. The number of carbonyl (C=O) groups is 2. The summed E-state index contributed by atoms with van der Waals surface area (Å²) in [5.74, 6) is -1.62. The first kappa shape index (κ1) is 19.8. The average Bonchev–Trinajstić information content (AvgIpc) is 2.62. The van der Waals surface area contributed by atoms with E-state index in [0.717, 1.165) is 10.6 Å². The van der Waals surface area contributed by atoms with E-state index in [1.165, 1.54) is 31.2 Å². The smallest absolute Gasteiger partial charge is 0.343 e. The molecule has 0 atom stereocenters. The molecule has 9 nitrogen and oxygen atoms in total. The van der Waals surface area contributed by atoms with Crippen molar-refractivity contribution in [1.82, 2.24) is 4.57 Å². The van der Waals surface area contributed by atoms with Gasteiger partial charge in [0.2, 0.25) is 0 Å². The van der Waals surface area contributed by atoms with Gasteiger partial charge in [0.1, 0.15) is 5.56 Å². The third kappa shape index (κ3) is 4.02. The molecule has 0 aliphatic heterocycles. The zero-order valence-corrected chi connectivity index (χ0v) is 15.1. The number of hydrogen-bond acceptors (Lipinski definition) is 7. The molecule has 0 aliphatic carbocycles. The maximum Gasteiger partial charge on any atom is 0.343 e. The van der Waals surface area contributed by atoms with E-state index in [4.69, 9.17) is 9.47 Å². The Bertz CT molecular complexity index is 963. The number of nitro benzene ring substituents is 1. The number of nitrogens with zero attached hydrogens (tertiary/aromatic N) is 2. The molecule has 27 heavy (non-hydrogen) atoms. The fourth-order valence-corrected chi connectivity index (χ4v) is 2.53. The highest BCUT2D eigenvalue weighted by molar-refractivity contribution is 5.96. The van der Waals surface area contributed by atoms with Crippen molar-refractivity contribution in [2.45, 2.75) is 20.8 Å². The molecule has 0 fully saturated rings. The first-order valence-electron chi connectivity index (χ1n) is 8.17. The summed E-state index contributed by atoms with van der Waals surface area (Å²) < 4.78 is 10.9. The molecular weight excluding hydrogens is 356 g/mol. The molecule has 0 saturated heterocycles. The molecule has 0 N–H and O–H groups in total. The third-order valence-electron chi connectivity index (χ3n) is 3.74. The summed E-state index contributed by atoms with van der Waals surface area (Å²) in [5.41, 5.74) is -1.03. The molecule has 0 bridgehead atoms. The van der Waals surface area contributed by atoms with Gasteiger partial charge in [-0.2, -0.15) is 0 Å². The van der Waals surface area contributed by atoms with E-state index in [1.54, 1.807) is 13.8 Å². The van der Waals surface area contributed by atoms with Crippen molar-refractivity contribution in [1.29, 1.82) is 0 Å². The summed E-state index contributed by atoms with van der Waals surface area (Å²) in [6.45, 7) is 4.83. The van der Waals surface area contributed by atoms with Gasteiger partial charge < -0.3 is 9.47 Å². The quantitative estimate of drug-likeness (QED) is 0.433. The Labute approximate surface area is 154 Å². The van der Waals surface area contributed by atoms with Gasteiger partial charge in [-0.15, -0.1) is 0 Å². The maximum absolute atomic E-state index is 12.9. The van der Waals surface area contributed by atoms with Crippen LogP contribution in [0.2, 0.25) is 0 Å². The van der Waals surface area contributed by atoms with E-state index in [1.807, 2.05) is 0 Å². The van der Waals surface area contributed by atoms with Crippen LogP contribution in [0.3, 0.4) is 0 Å². The van der Waals surface area contributed by atoms with Gasteiger partial charge in [0.05, 0.1) is 29.4 Å². The van der Waals surface area contributed by atoms with Gasteiger partial charge in [-0.1, -0.05) is 6.07 Å². The van der Waals surface area contributed by atoms with E-state index in [-0.39, 0.29) is 41.4 Å². The van der Waals surface area contributed by atoms with Crippen molar-refractivity contribution in [3.63, 3.8) is 0 Å². The monoisotopic (exact) mass is 374 g/mol. The molecule has 1 aromatic carbocycles. The van der Waals surface area contributed by atoms with E-state index < -0.39 is 22.4 Å². The fraction of sp³-hybridized carbons (Fsp3) is 0.278. The van der Waals surface area contributed by atoms with Gasteiger partial charge in [0.25, 0.3) is 11.2 Å². The van der Waals surface area contributed by atoms with Crippen LogP contribution in [0.15, 0.2) is 35.1 Å². The van der Waals surface area contributed by atoms with Crippen LogP contribution in [0, 0.1) is 17.0 Å². The van der Waals surface area contributed by atoms with Crippen LogP contribution in [0.5, 0.6) is 0 Å². The van der Waals surface area contributed by atoms with Gasteiger partial charge in [-0.25, -0.2) is 9.59 Å². The van der Waals surface area contributed by atoms with Gasteiger partial charge in [0.15, 0.2) is 0 Å². The maximum atomic E-state index is 12.9. The van der Waals surface area contributed by atoms with Crippen molar-refractivity contribution in [3.05, 3.63) is 67.6 Å². The molecule has 0 spiro atoms. The van der Waals surface area contributed by atoms with E-state index in [0.29, 0.717) is 0 Å². The van der Waals surface area contributed by atoms with Crippen LogP contribution in [-0.4, -0.2) is 34.6 Å². The second kappa shape index (κ2) is 8.26. The number of esters is 2. The van der Waals surface area contributed by atoms with Crippen LogP contribution in [0.1, 0.15) is 40.3 Å². The SMILES string of the molecule is CCOC(=O)c1cc(C(=O)OCC)c(=O)n(-c2cccc([N+](=O)[O-])c2)c1C. The zero-order valence-electron chi connectivity index (χ0n) is 15.1. The van der Waals surface area contributed by atoms with Crippen LogP contribution in [-0.2, 0) is 9.47 Å². The molecule has 2 rings (SSSR count). The lowest BCUT2D eigenvalue weighted by Gasteiger charge is -2.15. The Kier molecular flexibility index (Phi) is 6.07. The summed E-state index contributed by atoms with van der Waals surface area (Å²) in [5, 5.41) is 11.0. The number of nitro groups is 1. The van der Waals surface area contributed by atoms with Crippen molar-refractivity contribution in [3.8, 4) is 5.69 Å². The van der Waals surface area contributed by atoms with E-state index >= 15 is 0 Å². The molecule has 0 unspecified atom stereocenters. The molecule has 0 saturated carbocycles. The lowest BCUT2D eigenvalue weighted by molar-refractivity contribution is -0.384. The Morgan fingerprint density at radius 1 is 1.07 bits per heavy atom. The van der Waals surface area contributed by atoms with Crippen LogP contribution >= 0.6 is 0 Å². The number of hydrogen-bond donors (Lipinski definition) is 0. The van der Waals surface area contributed by atoms with Gasteiger partial charge in [-0.05, 0) is 32.9 Å². The molecule has 0 radical (unpaired) electrons. The van der Waals surface area contributed by atoms with Crippen LogP contribution < -0.4 is 5.56 Å². The van der Waals surface area contributed by atoms with Crippen molar-refractivity contribution in [2.24, 2.45) is 0 Å². The van der Waals surface area contributed by atoms with Gasteiger partial charge in [0, 0.05) is 17.8 Å². The average molecular weight is 374 g/mol. The van der Waals surface area contributed by atoms with Crippen molar-refractivity contribution >= 4 is 17.6 Å². The van der Waals surface area contributed by atoms with E-state index in [9.17, 15) is 24.5 Å². The van der Waals surface area contributed by atoms with Crippen LogP contribution in [0.4, 0.5) is 5.69 Å². The summed E-state index contributed by atoms with van der Waals surface area (Å²) in [7, 11) is 0. The first-order valence-corrected chi connectivity index (χ1v) is 8.17. The topological polar surface area (TPSA) is 118 Å². The number of rotatable bonds is 6. The Morgan fingerprint density at radius 3 is 2.22 bits per heavy atom. The number of non-ortho nitro benzene ring substituents is 1. The number of benzene rings is 1. The predicted molar refractivity (Wildman–Crippen MR) is 95.3 cm³/mol. The Balaban J connectivity index is 2.80. The molecular formula is C18H18N2O7. The minimum absolute atomic E-state index is 0.00832. The summed E-state index contributed by atoms with van der Waals surface area (Å²) in [4.78, 5) is 47.7. The minimum atomic E-state index is -0.896. The second-order valence-corrected chi connectivity index (χ2v) is 5.42. The third-order valence-corrected chi connectivity index (χ3v) is 3.74. The van der Waals surface area contributed by atoms with E-state index in [2.05, 4.69) is 0 Å². The van der Waals surface area contributed by atoms with Crippen molar-refractivity contribution < 1.29 is 24.0 Å². The minimum Gasteiger partial charge on any atom is -0.462 e. The Hall–Kier alpha value is -3.49. The highest BCUT2D eigenvalue weighted by atomic mass is 16.6. The van der Waals surface area contributed by atoms with Gasteiger partial charge >= 0.3 is 11.9 Å². The second-order valence-electron chi connectivity index (χ2n) is 5.42. The molecule has 9 heteroatoms. The number of aromatic nitrogens is 1. The number of carbonyl (C=O) groups excluding carboxylic acids is 2. The van der Waals surface area contributed by atoms with Crippen molar-refractivity contribution in [2.75, 3.05) is 13.2 Å². The van der Waals surface area contributed by atoms with Crippen LogP contribution in [0.25, 0.3) is 5.69 Å². The molecule has 0 aliphatic rings. The fourth-order valence-electron chi connectivity index (χ4n) is 2.53. The zero-order chi connectivity index (χ0) is 20.1. The number of pyridine rings is 1. The largest absolute Gasteiger partial charge is 0.462 e.